The molecule has 5 N–H and O–H groups in total. The van der Waals surface area contributed by atoms with Crippen LogP contribution in [-0.4, -0.2) is 62.8 Å². The second-order valence-electron chi connectivity index (χ2n) is 2.72. The zero-order valence-corrected chi connectivity index (χ0v) is 6.24. The molecule has 0 aliphatic carbocycles. The van der Waals surface area contributed by atoms with Crippen molar-refractivity contribution in [2.75, 3.05) is 6.61 Å². The SMILES string of the molecule is OC[C@@H]1OC(O)[C@H](O)[C@H](O)[C@@H]1O. The molecule has 0 aromatic rings. The molecule has 1 saturated heterocycles. The van der Waals surface area contributed by atoms with Crippen molar-refractivity contribution < 1.29 is 30.3 Å². The summed E-state index contributed by atoms with van der Waals surface area (Å²) >= 11 is 0. The lowest BCUT2D eigenvalue weighted by Crippen LogP contribution is -2.58. The quantitative estimate of drug-likeness (QED) is 0.290. The Bertz CT molecular complexity index is 146. The van der Waals surface area contributed by atoms with Gasteiger partial charge in [-0.15, -0.1) is 0 Å². The predicted octanol–water partition coefficient (Wildman–Crippen LogP) is -3.22. The van der Waals surface area contributed by atoms with Crippen LogP contribution in [0.25, 0.3) is 0 Å². The Morgan fingerprint density at radius 1 is 0.917 bits per heavy atom. The van der Waals surface area contributed by atoms with E-state index in [1.807, 2.05) is 0 Å². The van der Waals surface area contributed by atoms with Crippen LogP contribution in [0, 0.1) is 0 Å². The Labute approximate surface area is 68.6 Å². The first-order valence-electron chi connectivity index (χ1n) is 3.56. The van der Waals surface area contributed by atoms with Crippen LogP contribution < -0.4 is 0 Å². The van der Waals surface area contributed by atoms with E-state index in [-0.39, 0.29) is 0 Å². The lowest BCUT2D eigenvalue weighted by Gasteiger charge is -2.37. The topological polar surface area (TPSA) is 110 Å². The molecular formula is C6H12O6. The van der Waals surface area contributed by atoms with Crippen molar-refractivity contribution in [2.24, 2.45) is 0 Å². The molecule has 1 fully saturated rings. The van der Waals surface area contributed by atoms with E-state index < -0.39 is 37.3 Å². The highest BCUT2D eigenvalue weighted by Gasteiger charge is 2.42. The van der Waals surface area contributed by atoms with Crippen LogP contribution in [0.5, 0.6) is 0 Å². The maximum Gasteiger partial charge on any atom is 0.184 e. The van der Waals surface area contributed by atoms with Gasteiger partial charge in [0, 0.05) is 0 Å². The summed E-state index contributed by atoms with van der Waals surface area (Å²) in [5.74, 6) is 0. The summed E-state index contributed by atoms with van der Waals surface area (Å²) in [5, 5.41) is 44.7. The predicted molar refractivity (Wildman–Crippen MR) is 36.0 cm³/mol. The van der Waals surface area contributed by atoms with Gasteiger partial charge in [0.05, 0.1) is 6.61 Å². The minimum Gasteiger partial charge on any atom is -0.394 e. The molecule has 0 radical (unpaired) electrons. The maximum absolute atomic E-state index is 9.12. The molecule has 0 saturated carbocycles. The molecule has 1 aliphatic heterocycles. The number of hydrogen-bond acceptors (Lipinski definition) is 6. The molecule has 0 amide bonds. The van der Waals surface area contributed by atoms with Crippen LogP contribution >= 0.6 is 0 Å². The smallest absolute Gasteiger partial charge is 0.184 e. The molecule has 5 atom stereocenters. The van der Waals surface area contributed by atoms with E-state index in [0.717, 1.165) is 0 Å². The average Bonchev–Trinajstić information content (AvgIpc) is 2.08. The molecule has 12 heavy (non-hydrogen) atoms. The number of rotatable bonds is 1. The minimum absolute atomic E-state index is 0.526. The Balaban J connectivity index is 2.63. The number of aliphatic hydroxyl groups excluding tert-OH is 5. The van der Waals surface area contributed by atoms with Gasteiger partial charge in [0.1, 0.15) is 24.4 Å². The highest BCUT2D eigenvalue weighted by molar-refractivity contribution is 4.87. The second kappa shape index (κ2) is 3.65. The molecule has 6 nitrogen and oxygen atoms in total. The van der Waals surface area contributed by atoms with E-state index in [1.54, 1.807) is 0 Å². The van der Waals surface area contributed by atoms with Crippen LogP contribution in [0.4, 0.5) is 0 Å². The fourth-order valence-corrected chi connectivity index (χ4v) is 1.08. The van der Waals surface area contributed by atoms with Gasteiger partial charge in [-0.3, -0.25) is 0 Å². The van der Waals surface area contributed by atoms with E-state index in [2.05, 4.69) is 4.74 Å². The lowest BCUT2D eigenvalue weighted by molar-refractivity contribution is -0.286. The summed E-state index contributed by atoms with van der Waals surface area (Å²) in [7, 11) is 0. The van der Waals surface area contributed by atoms with Crippen molar-refractivity contribution in [1.29, 1.82) is 0 Å². The van der Waals surface area contributed by atoms with E-state index in [0.29, 0.717) is 0 Å². The van der Waals surface area contributed by atoms with Gasteiger partial charge in [0.15, 0.2) is 6.29 Å². The summed E-state index contributed by atoms with van der Waals surface area (Å²) in [6.45, 7) is -0.526. The third-order valence-electron chi connectivity index (χ3n) is 1.87. The summed E-state index contributed by atoms with van der Waals surface area (Å²) in [4.78, 5) is 0. The van der Waals surface area contributed by atoms with E-state index >= 15 is 0 Å². The van der Waals surface area contributed by atoms with E-state index in [9.17, 15) is 0 Å². The summed E-state index contributed by atoms with van der Waals surface area (Å²) < 4.78 is 4.58. The Morgan fingerprint density at radius 3 is 2.00 bits per heavy atom. The molecule has 1 aliphatic rings. The van der Waals surface area contributed by atoms with Gasteiger partial charge in [0.25, 0.3) is 0 Å². The Morgan fingerprint density at radius 2 is 1.50 bits per heavy atom. The number of ether oxygens (including phenoxy) is 1. The molecule has 1 heterocycles. The lowest BCUT2D eigenvalue weighted by atomic mass is 10.00. The summed E-state index contributed by atoms with van der Waals surface area (Å²) in [5.41, 5.74) is 0. The first kappa shape index (κ1) is 9.85. The van der Waals surface area contributed by atoms with Gasteiger partial charge in [-0.1, -0.05) is 0 Å². The first-order chi connectivity index (χ1) is 5.57. The summed E-state index contributed by atoms with van der Waals surface area (Å²) in [6, 6.07) is 0. The third-order valence-corrected chi connectivity index (χ3v) is 1.87. The largest absolute Gasteiger partial charge is 0.394 e. The zero-order valence-electron chi connectivity index (χ0n) is 6.24. The minimum atomic E-state index is -1.57. The van der Waals surface area contributed by atoms with Crippen LogP contribution in [0.3, 0.4) is 0 Å². The van der Waals surface area contributed by atoms with Crippen molar-refractivity contribution in [2.45, 2.75) is 30.7 Å². The van der Waals surface area contributed by atoms with Gasteiger partial charge < -0.3 is 30.3 Å². The van der Waals surface area contributed by atoms with Crippen molar-refractivity contribution in [3.05, 3.63) is 0 Å². The molecule has 1 rings (SSSR count). The molecule has 1 unspecified atom stereocenters. The van der Waals surface area contributed by atoms with Crippen LogP contribution in [0.1, 0.15) is 0 Å². The first-order valence-corrected chi connectivity index (χ1v) is 3.56. The van der Waals surface area contributed by atoms with Gasteiger partial charge in [-0.25, -0.2) is 0 Å². The number of aliphatic hydroxyl groups is 5. The molecule has 6 heteroatoms. The van der Waals surface area contributed by atoms with Crippen LogP contribution in [0.2, 0.25) is 0 Å². The van der Waals surface area contributed by atoms with Crippen molar-refractivity contribution in [3.8, 4) is 0 Å². The molecular weight excluding hydrogens is 168 g/mol. The molecule has 0 aromatic heterocycles. The van der Waals surface area contributed by atoms with Crippen LogP contribution in [-0.2, 0) is 4.74 Å². The van der Waals surface area contributed by atoms with Crippen molar-refractivity contribution in [1.82, 2.24) is 0 Å². The van der Waals surface area contributed by atoms with Gasteiger partial charge >= 0.3 is 0 Å². The highest BCUT2D eigenvalue weighted by atomic mass is 16.6. The third kappa shape index (κ3) is 1.58. The van der Waals surface area contributed by atoms with Gasteiger partial charge in [-0.05, 0) is 0 Å². The molecule has 0 bridgehead atoms. The second-order valence-corrected chi connectivity index (χ2v) is 2.72. The Hall–Kier alpha value is -0.240. The van der Waals surface area contributed by atoms with Crippen LogP contribution in [0.15, 0.2) is 0 Å². The molecule has 72 valence electrons. The fourth-order valence-electron chi connectivity index (χ4n) is 1.08. The number of hydrogen-bond donors (Lipinski definition) is 5. The van der Waals surface area contributed by atoms with E-state index in [1.165, 1.54) is 0 Å². The normalized spacial score (nSPS) is 49.2. The zero-order chi connectivity index (χ0) is 9.30. The van der Waals surface area contributed by atoms with Gasteiger partial charge in [-0.2, -0.15) is 0 Å². The Kier molecular flexibility index (Phi) is 2.99. The maximum atomic E-state index is 9.12. The van der Waals surface area contributed by atoms with Crippen molar-refractivity contribution >= 4 is 0 Å². The monoisotopic (exact) mass is 180 g/mol. The van der Waals surface area contributed by atoms with Crippen molar-refractivity contribution in [3.63, 3.8) is 0 Å². The van der Waals surface area contributed by atoms with Gasteiger partial charge in [0.2, 0.25) is 0 Å². The fraction of sp³-hybridized carbons (Fsp3) is 1.00. The standard InChI is InChI=1S/C6H12O6/c7-1-2-3(8)4(9)5(10)6(11)12-2/h2-11H,1H2/t2-,3+,4+,5+,6?/m0/s1. The highest BCUT2D eigenvalue weighted by Crippen LogP contribution is 2.18. The molecule has 0 aromatic carbocycles. The molecule has 0 spiro atoms. The summed E-state index contributed by atoms with van der Waals surface area (Å²) in [6.07, 6.45) is -7.04. The van der Waals surface area contributed by atoms with E-state index in [4.69, 9.17) is 25.5 Å². The average molecular weight is 180 g/mol.